The van der Waals surface area contributed by atoms with Crippen molar-refractivity contribution < 1.29 is 13.2 Å². The maximum Gasteiger partial charge on any atom is 0.220 e. The molecule has 5 nitrogen and oxygen atoms in total. The van der Waals surface area contributed by atoms with Crippen molar-refractivity contribution in [3.8, 4) is 0 Å². The molecule has 7 heteroatoms. The molecule has 0 heterocycles. The molecule has 0 bridgehead atoms. The molecule has 0 fully saturated rings. The Bertz CT molecular complexity index is 521. The molecule has 1 rings (SSSR count). The van der Waals surface area contributed by atoms with Gasteiger partial charge in [0.2, 0.25) is 5.91 Å². The summed E-state index contributed by atoms with van der Waals surface area (Å²) in [5.74, 6) is 0.133. The molecule has 126 valence electrons. The second kappa shape index (κ2) is 11.5. The van der Waals surface area contributed by atoms with Gasteiger partial charge in [0.15, 0.2) is 9.84 Å². The van der Waals surface area contributed by atoms with Gasteiger partial charge >= 0.3 is 0 Å². The second-order valence-electron chi connectivity index (χ2n) is 4.99. The van der Waals surface area contributed by atoms with Gasteiger partial charge in [-0.15, -0.1) is 12.4 Å². The minimum absolute atomic E-state index is 0. The summed E-state index contributed by atoms with van der Waals surface area (Å²) in [6, 6.07) is 9.13. The summed E-state index contributed by atoms with van der Waals surface area (Å²) in [6.45, 7) is 1.21. The molecule has 0 saturated carbocycles. The minimum Gasteiger partial charge on any atom is -0.356 e. The maximum atomic E-state index is 11.9. The van der Waals surface area contributed by atoms with E-state index in [0.717, 1.165) is 18.5 Å². The first-order valence-electron chi connectivity index (χ1n) is 7.19. The third kappa shape index (κ3) is 9.76. The molecular weight excluding hydrogens is 324 g/mol. The van der Waals surface area contributed by atoms with E-state index >= 15 is 0 Å². The van der Waals surface area contributed by atoms with Gasteiger partial charge in [-0.2, -0.15) is 0 Å². The molecule has 0 radical (unpaired) electrons. The van der Waals surface area contributed by atoms with Crippen LogP contribution in [0.5, 0.6) is 0 Å². The van der Waals surface area contributed by atoms with E-state index in [1.165, 1.54) is 0 Å². The molecule has 0 spiro atoms. The predicted molar refractivity (Wildman–Crippen MR) is 92.0 cm³/mol. The molecule has 0 aromatic heterocycles. The molecule has 0 aliphatic carbocycles. The van der Waals surface area contributed by atoms with Crippen molar-refractivity contribution in [1.82, 2.24) is 10.6 Å². The van der Waals surface area contributed by atoms with Crippen LogP contribution in [0.4, 0.5) is 0 Å². The first-order chi connectivity index (χ1) is 10.0. The first kappa shape index (κ1) is 20.9. The highest BCUT2D eigenvalue weighted by Crippen LogP contribution is 2.06. The number of hydrogen-bond acceptors (Lipinski definition) is 4. The molecule has 0 saturated heterocycles. The standard InChI is InChI=1S/C15H24N2O3S.ClH/c1-16-10-5-9-15(18)17-11-6-12-21(19,20)13-14-7-3-2-4-8-14;/h2-4,7-8,16H,5-6,9-13H2,1H3,(H,17,18);1H. The van der Waals surface area contributed by atoms with Crippen molar-refractivity contribution >= 4 is 28.2 Å². The monoisotopic (exact) mass is 348 g/mol. The minimum atomic E-state index is -3.11. The molecule has 1 amide bonds. The Balaban J connectivity index is 0.00000441. The van der Waals surface area contributed by atoms with Gasteiger partial charge in [0.1, 0.15) is 0 Å². The Hall–Kier alpha value is -1.11. The molecule has 22 heavy (non-hydrogen) atoms. The summed E-state index contributed by atoms with van der Waals surface area (Å²) in [6.07, 6.45) is 1.71. The van der Waals surface area contributed by atoms with Crippen molar-refractivity contribution in [1.29, 1.82) is 0 Å². The number of amides is 1. The van der Waals surface area contributed by atoms with Crippen LogP contribution in [0.15, 0.2) is 30.3 Å². The topological polar surface area (TPSA) is 75.3 Å². The van der Waals surface area contributed by atoms with E-state index in [4.69, 9.17) is 0 Å². The maximum absolute atomic E-state index is 11.9. The van der Waals surface area contributed by atoms with E-state index in [1.54, 1.807) is 12.1 Å². The van der Waals surface area contributed by atoms with Crippen molar-refractivity contribution in [2.75, 3.05) is 25.9 Å². The smallest absolute Gasteiger partial charge is 0.220 e. The Morgan fingerprint density at radius 3 is 2.41 bits per heavy atom. The fourth-order valence-corrected chi connectivity index (χ4v) is 3.36. The van der Waals surface area contributed by atoms with Crippen LogP contribution in [-0.2, 0) is 20.4 Å². The van der Waals surface area contributed by atoms with Crippen LogP contribution in [0.3, 0.4) is 0 Å². The van der Waals surface area contributed by atoms with E-state index in [-0.39, 0.29) is 29.8 Å². The predicted octanol–water partition coefficient (Wildman–Crippen LogP) is 1.53. The van der Waals surface area contributed by atoms with Crippen LogP contribution in [0, 0.1) is 0 Å². The van der Waals surface area contributed by atoms with Gasteiger partial charge in [-0.25, -0.2) is 8.42 Å². The van der Waals surface area contributed by atoms with Gasteiger partial charge in [-0.3, -0.25) is 4.79 Å². The average Bonchev–Trinajstić information content (AvgIpc) is 2.44. The van der Waals surface area contributed by atoms with Crippen LogP contribution in [0.2, 0.25) is 0 Å². The quantitative estimate of drug-likeness (QED) is 0.629. The van der Waals surface area contributed by atoms with Gasteiger partial charge in [0, 0.05) is 13.0 Å². The van der Waals surface area contributed by atoms with Crippen molar-refractivity contribution in [3.63, 3.8) is 0 Å². The summed E-state index contributed by atoms with van der Waals surface area (Å²) in [5, 5.41) is 5.72. The van der Waals surface area contributed by atoms with E-state index in [9.17, 15) is 13.2 Å². The number of nitrogens with one attached hydrogen (secondary N) is 2. The van der Waals surface area contributed by atoms with Crippen molar-refractivity contribution in [3.05, 3.63) is 35.9 Å². The van der Waals surface area contributed by atoms with Crippen LogP contribution in [0.25, 0.3) is 0 Å². The Morgan fingerprint density at radius 1 is 1.09 bits per heavy atom. The lowest BCUT2D eigenvalue weighted by atomic mass is 10.2. The largest absolute Gasteiger partial charge is 0.356 e. The van der Waals surface area contributed by atoms with Crippen LogP contribution < -0.4 is 10.6 Å². The summed E-state index contributed by atoms with van der Waals surface area (Å²) < 4.78 is 23.9. The zero-order valence-corrected chi connectivity index (χ0v) is 14.5. The number of carbonyl (C=O) groups is 1. The van der Waals surface area contributed by atoms with Gasteiger partial charge < -0.3 is 10.6 Å². The summed E-state index contributed by atoms with van der Waals surface area (Å²) in [7, 11) is -1.27. The fraction of sp³-hybridized carbons (Fsp3) is 0.533. The Morgan fingerprint density at radius 2 is 1.77 bits per heavy atom. The molecule has 1 aromatic carbocycles. The molecule has 0 aliphatic heterocycles. The number of rotatable bonds is 10. The zero-order valence-electron chi connectivity index (χ0n) is 12.9. The second-order valence-corrected chi connectivity index (χ2v) is 7.17. The molecule has 0 aliphatic rings. The summed E-state index contributed by atoms with van der Waals surface area (Å²) in [5.41, 5.74) is 0.800. The molecule has 2 N–H and O–H groups in total. The Labute approximate surface area is 139 Å². The van der Waals surface area contributed by atoms with E-state index < -0.39 is 9.84 Å². The molecule has 0 unspecified atom stereocenters. The van der Waals surface area contributed by atoms with Crippen LogP contribution in [-0.4, -0.2) is 40.2 Å². The van der Waals surface area contributed by atoms with Gasteiger partial charge in [0.05, 0.1) is 11.5 Å². The van der Waals surface area contributed by atoms with Crippen molar-refractivity contribution in [2.24, 2.45) is 0 Å². The van der Waals surface area contributed by atoms with Crippen molar-refractivity contribution in [2.45, 2.75) is 25.0 Å². The average molecular weight is 349 g/mol. The highest BCUT2D eigenvalue weighted by Gasteiger charge is 2.11. The lowest BCUT2D eigenvalue weighted by Gasteiger charge is -2.06. The normalized spacial score (nSPS) is 10.8. The number of carbonyl (C=O) groups excluding carboxylic acids is 1. The SMILES string of the molecule is CNCCCC(=O)NCCCS(=O)(=O)Cc1ccccc1.Cl. The first-order valence-corrected chi connectivity index (χ1v) is 9.01. The van der Waals surface area contributed by atoms with Crippen LogP contribution >= 0.6 is 12.4 Å². The highest BCUT2D eigenvalue weighted by atomic mass is 35.5. The molecule has 1 aromatic rings. The van der Waals surface area contributed by atoms with E-state index in [0.29, 0.717) is 19.4 Å². The summed E-state index contributed by atoms with van der Waals surface area (Å²) in [4.78, 5) is 11.4. The number of sulfone groups is 1. The van der Waals surface area contributed by atoms with E-state index in [1.807, 2.05) is 25.2 Å². The Kier molecular flexibility index (Phi) is 10.9. The van der Waals surface area contributed by atoms with E-state index in [2.05, 4.69) is 10.6 Å². The third-order valence-corrected chi connectivity index (χ3v) is 4.70. The fourth-order valence-electron chi connectivity index (χ4n) is 1.93. The van der Waals surface area contributed by atoms with Gasteiger partial charge in [-0.05, 0) is 32.0 Å². The number of halogens is 1. The third-order valence-electron chi connectivity index (χ3n) is 3.01. The lowest BCUT2D eigenvalue weighted by molar-refractivity contribution is -0.121. The lowest BCUT2D eigenvalue weighted by Crippen LogP contribution is -2.26. The summed E-state index contributed by atoms with van der Waals surface area (Å²) >= 11 is 0. The highest BCUT2D eigenvalue weighted by molar-refractivity contribution is 7.90. The zero-order chi connectivity index (χ0) is 15.6. The molecular formula is C15H25ClN2O3S. The van der Waals surface area contributed by atoms with Crippen LogP contribution in [0.1, 0.15) is 24.8 Å². The van der Waals surface area contributed by atoms with Gasteiger partial charge in [0.25, 0.3) is 0 Å². The number of benzene rings is 1. The number of hydrogen-bond donors (Lipinski definition) is 2. The molecule has 0 atom stereocenters. The van der Waals surface area contributed by atoms with Gasteiger partial charge in [-0.1, -0.05) is 30.3 Å².